The van der Waals surface area contributed by atoms with Crippen LogP contribution in [0.5, 0.6) is 69.0 Å². The van der Waals surface area contributed by atoms with E-state index in [1.165, 1.54) is 89.1 Å². The molecule has 6 aliphatic rings. The van der Waals surface area contributed by atoms with Gasteiger partial charge in [-0.3, -0.25) is 27.8 Å². The summed E-state index contributed by atoms with van der Waals surface area (Å²) in [5.74, 6) is -7.09. The van der Waals surface area contributed by atoms with Crippen molar-refractivity contribution in [2.45, 2.75) is 60.3 Å². The molecule has 16 rings (SSSR count). The monoisotopic (exact) mass is 2160 g/mol. The molecule has 748 valence electrons. The molecule has 6 aromatic carbocycles. The van der Waals surface area contributed by atoms with Crippen LogP contribution in [0.1, 0.15) is 87.3 Å². The number of nitrogens with one attached hydrogen (secondary N) is 4. The number of methoxy groups -OCH3 is 4. The summed E-state index contributed by atoms with van der Waals surface area (Å²) in [6.07, 6.45) is -11.9. The van der Waals surface area contributed by atoms with E-state index in [2.05, 4.69) is 72.9 Å². The van der Waals surface area contributed by atoms with E-state index in [0.717, 1.165) is 34.4 Å². The fourth-order valence-electron chi connectivity index (χ4n) is 15.3. The first-order chi connectivity index (χ1) is 65.8. The van der Waals surface area contributed by atoms with Crippen molar-refractivity contribution in [1.29, 1.82) is 0 Å². The Morgan fingerprint density at radius 3 is 1.15 bits per heavy atom. The number of halogens is 4. The number of hydrogen-bond donors (Lipinski definition) is 20. The highest BCUT2D eigenvalue weighted by Gasteiger charge is 2.60. The first kappa shape index (κ1) is 103. The number of imidazole rings is 2. The summed E-state index contributed by atoms with van der Waals surface area (Å²) in [6.45, 7) is -3.57. The lowest BCUT2D eigenvalue weighted by Crippen LogP contribution is -2.42. The number of hydrogen-bond acceptors (Lipinski definition) is 44. The van der Waals surface area contributed by atoms with Gasteiger partial charge in [-0.15, -0.1) is 0 Å². The molecule has 10 aromatic rings. The van der Waals surface area contributed by atoms with Gasteiger partial charge < -0.3 is 159 Å². The van der Waals surface area contributed by atoms with Crippen molar-refractivity contribution < 1.29 is 209 Å². The van der Waals surface area contributed by atoms with Gasteiger partial charge in [0.2, 0.25) is 0 Å². The first-order valence-electron chi connectivity index (χ1n) is 38.9. The van der Waals surface area contributed by atoms with Gasteiger partial charge in [0.1, 0.15) is 68.2 Å². The van der Waals surface area contributed by atoms with Crippen LogP contribution in [-0.2, 0) is 93.3 Å². The summed E-state index contributed by atoms with van der Waals surface area (Å²) < 4.78 is 165. The molecular formula is C72H68Cl4N14O44P6. The van der Waals surface area contributed by atoms with Crippen molar-refractivity contribution in [3.05, 3.63) is 162 Å². The van der Waals surface area contributed by atoms with Crippen LogP contribution >= 0.6 is 93.3 Å². The standard InChI is InChI=1S/2C36H34Cl2N7O22P3/c1-59-18-8-16-27(21(37)24(18)46)63-28-17(9-19(60-2)25(47)22(28)38)36(16)15-7-13(3-4-14(15)34(50)65-36)32(49)40-5-6-41-35(51)64-29-20(10-61-69(55,56)67-70(57,58)66-68(52,53)54)62-33(26(29)48)45-12-44-23-30(39)42-11-43-31(23)45;1-59-18-8-16-27(21(37)24(18)46)63-28-17(9-19(60-2)25(47)22(28)38)36(16)15-7-13(3-4-14(15)34(50)65-36)32(49)40-5-6-41-35(51)64-29-26(48)20(10-61-69(55,56)67-70(57,58)66-68(52,53)54)62-33(29)45-12-44-23-30(39)42-11-43-31(23)45/h2*3-4,7-9,11-12,20,26,29,33,46-48H,5-6,10H2,1-2H3,(H,40,49)(H,41,51)(H,55,56)(H,57,58)(H2,39,42,43)(H2,52,53,54)/t20-,26-,29+,33+;20-,26+,29-,33+/m11/s1. The summed E-state index contributed by atoms with van der Waals surface area (Å²) in [7, 11) is -29.7. The lowest BCUT2D eigenvalue weighted by atomic mass is 9.77. The van der Waals surface area contributed by atoms with Gasteiger partial charge in [-0.25, -0.2) is 76.5 Å². The van der Waals surface area contributed by atoms with E-state index in [-0.39, 0.29) is 182 Å². The Kier molecular flexibility index (Phi) is 28.5. The highest BCUT2D eigenvalue weighted by atomic mass is 35.5. The zero-order chi connectivity index (χ0) is 102. The number of nitrogens with two attached hydrogens (primary N) is 2. The number of nitrogens with zero attached hydrogens (tertiary/aromatic N) is 8. The summed E-state index contributed by atoms with van der Waals surface area (Å²) >= 11 is 26.3. The maximum atomic E-state index is 13.7. The van der Waals surface area contributed by atoms with E-state index in [0.29, 0.717) is 0 Å². The number of aromatic nitrogens is 8. The number of ether oxygens (including phenoxy) is 12. The highest BCUT2D eigenvalue weighted by molar-refractivity contribution is 7.67. The molecule has 0 bridgehead atoms. The molecule has 140 heavy (non-hydrogen) atoms. The number of phosphoric acid groups is 6. The number of aromatic hydroxyl groups is 4. The van der Waals surface area contributed by atoms with Crippen molar-refractivity contribution in [2.24, 2.45) is 0 Å². The van der Waals surface area contributed by atoms with Crippen LogP contribution in [-0.4, -0.2) is 249 Å². The molecule has 2 spiro atoms. The molecule has 4 amide bonds. The Labute approximate surface area is 798 Å². The maximum Gasteiger partial charge on any atom is 0.490 e. The number of phenolic OH excluding ortho intramolecular Hbond substituents is 4. The van der Waals surface area contributed by atoms with Gasteiger partial charge in [-0.1, -0.05) is 46.4 Å². The molecule has 68 heteroatoms. The average Bonchev–Trinajstić information content (AvgIpc) is 1.47. The molecule has 10 heterocycles. The van der Waals surface area contributed by atoms with Crippen LogP contribution in [0.15, 0.2) is 86.0 Å². The quantitative estimate of drug-likeness (QED) is 0.0111. The number of carbonyl (C=O) groups is 6. The van der Waals surface area contributed by atoms with Crippen LogP contribution < -0.4 is 61.2 Å². The van der Waals surface area contributed by atoms with Crippen LogP contribution in [0.4, 0.5) is 21.2 Å². The molecule has 2 saturated heterocycles. The maximum absolute atomic E-state index is 13.7. The number of phosphoric ester groups is 2. The molecule has 6 aliphatic heterocycles. The van der Waals surface area contributed by atoms with Gasteiger partial charge in [-0.05, 0) is 60.7 Å². The number of carbonyl (C=O) groups excluding carboxylic acids is 6. The smallest absolute Gasteiger partial charge is 0.490 e. The van der Waals surface area contributed by atoms with Gasteiger partial charge in [0.25, 0.3) is 11.8 Å². The van der Waals surface area contributed by atoms with E-state index in [1.807, 2.05) is 0 Å². The third kappa shape index (κ3) is 19.8. The third-order valence-corrected chi connectivity index (χ3v) is 30.1. The Hall–Kier alpha value is -11.7. The van der Waals surface area contributed by atoms with Crippen molar-refractivity contribution in [1.82, 2.24) is 60.3 Å². The second kappa shape index (κ2) is 38.9. The zero-order valence-corrected chi connectivity index (χ0v) is 78.8. The predicted octanol–water partition coefficient (Wildman–Crippen LogP) is 5.68. The number of aliphatic hydroxyl groups excluding tert-OH is 2. The highest BCUT2D eigenvalue weighted by Crippen LogP contribution is 2.70. The van der Waals surface area contributed by atoms with Crippen LogP contribution in [0, 0.1) is 0 Å². The minimum Gasteiger partial charge on any atom is -0.503 e. The van der Waals surface area contributed by atoms with E-state index < -0.39 is 179 Å². The fourth-order valence-corrected chi connectivity index (χ4v) is 22.3. The number of fused-ring (bicyclic) bond motifs is 14. The van der Waals surface area contributed by atoms with Gasteiger partial charge in [0, 0.05) is 48.4 Å². The minimum absolute atomic E-state index is 0.000702. The molecule has 58 nitrogen and oxygen atoms in total. The average molecular weight is 2160 g/mol. The van der Waals surface area contributed by atoms with E-state index in [4.69, 9.17) is 139 Å². The molecule has 2 fully saturated rings. The molecule has 12 atom stereocenters. The number of rotatable bonds is 30. The Balaban J connectivity index is 0.000000212. The zero-order valence-electron chi connectivity index (χ0n) is 70.4. The fraction of sp³-hybridized carbons (Fsp3) is 0.278. The molecule has 0 saturated carbocycles. The van der Waals surface area contributed by atoms with Gasteiger partial charge >= 0.3 is 71.1 Å². The molecular weight excluding hydrogens is 2090 g/mol. The van der Waals surface area contributed by atoms with Crippen molar-refractivity contribution in [3.8, 4) is 69.0 Å². The lowest BCUT2D eigenvalue weighted by molar-refractivity contribution is -0.0522. The van der Waals surface area contributed by atoms with E-state index in [9.17, 15) is 106 Å². The first-order valence-corrected chi connectivity index (χ1v) is 49.4. The van der Waals surface area contributed by atoms with Crippen LogP contribution in [0.3, 0.4) is 0 Å². The van der Waals surface area contributed by atoms with Crippen molar-refractivity contribution >= 4 is 163 Å². The molecule has 0 aliphatic carbocycles. The van der Waals surface area contributed by atoms with Crippen LogP contribution in [0.25, 0.3) is 22.3 Å². The predicted molar refractivity (Wildman–Crippen MR) is 462 cm³/mol. The molecule has 22 N–H and O–H groups in total. The normalized spacial score (nSPS) is 20.6. The van der Waals surface area contributed by atoms with Crippen molar-refractivity contribution in [2.75, 3.05) is 79.3 Å². The lowest BCUT2D eigenvalue weighted by Gasteiger charge is -2.37. The SMILES string of the molecule is COc1cc2c(c(Cl)c1O)Oc1c(cc(OC)c(O)c1Cl)C21OC(=O)c2ccc(C(=O)NCCNC(=O)O[C@@H]3[C@@H](O)[C@@H](COP(=O)(O)OP(=O)(O)OP(=O)(O)O)O[C@@H]3n3cnc4c(N)ncnc43)cc21.COc1cc2c(c(Cl)c1O)Oc1c(cc(OC)c(O)c1Cl)C21OC(=O)c2ccc(C(=O)NCCNC(=O)O[C@@H]3[C@@H](O)[C@@H](n4cnc5c(N)ncnc54)O[C@@H]3COP(=O)(O)OP(=O)(O)OP(=O)(O)O)cc21. The number of amides is 4. The van der Waals surface area contributed by atoms with Gasteiger partial charge in [0.05, 0.1) is 87.7 Å². The molecule has 4 unspecified atom stereocenters. The van der Waals surface area contributed by atoms with E-state index in [1.54, 1.807) is 0 Å². The number of aliphatic hydroxyl groups is 2. The summed E-state index contributed by atoms with van der Waals surface area (Å²) in [4.78, 5) is 179. The number of nitrogen functional groups attached to an aromatic ring is 2. The van der Waals surface area contributed by atoms with Crippen LogP contribution in [0.2, 0.25) is 20.1 Å². The van der Waals surface area contributed by atoms with Gasteiger partial charge in [0.15, 0.2) is 128 Å². The number of esters is 2. The van der Waals surface area contributed by atoms with E-state index >= 15 is 0 Å². The van der Waals surface area contributed by atoms with Gasteiger partial charge in [-0.2, -0.15) is 17.2 Å². The second-order valence-electron chi connectivity index (χ2n) is 29.5. The summed E-state index contributed by atoms with van der Waals surface area (Å²) in [5.41, 5.74) is 7.93. The largest absolute Gasteiger partial charge is 0.503 e. The van der Waals surface area contributed by atoms with Crippen molar-refractivity contribution in [3.63, 3.8) is 0 Å². The minimum atomic E-state index is -5.93. The molecule has 4 aromatic heterocycles. The third-order valence-electron chi connectivity index (χ3n) is 21.1. The number of alkyl carbamates (subject to hydrolysis) is 2. The Bertz CT molecular complexity index is 6970. The second-order valence-corrected chi connectivity index (χ2v) is 39.8. The number of anilines is 2. The summed E-state index contributed by atoms with van der Waals surface area (Å²) in [5, 5.41) is 74.2. The Morgan fingerprint density at radius 2 is 0.786 bits per heavy atom. The Morgan fingerprint density at radius 1 is 0.443 bits per heavy atom. The number of benzene rings is 6. The summed E-state index contributed by atoms with van der Waals surface area (Å²) in [6, 6.07) is 13.1. The number of phenols is 4. The topological polar surface area (TPSA) is 842 Å². The molecule has 0 radical (unpaired) electrons.